The lowest BCUT2D eigenvalue weighted by Gasteiger charge is -2.12. The molecule has 1 aromatic carbocycles. The average molecular weight is 211 g/mol. The highest BCUT2D eigenvalue weighted by molar-refractivity contribution is 7.89. The Balaban J connectivity index is 3.22. The van der Waals surface area contributed by atoms with E-state index in [1.54, 1.807) is 30.3 Å². The molecule has 0 atom stereocenters. The number of benzene rings is 1. The summed E-state index contributed by atoms with van der Waals surface area (Å²) in [5, 5.41) is -0.127. The van der Waals surface area contributed by atoms with Crippen molar-refractivity contribution in [2.45, 2.75) is 6.92 Å². The molecule has 0 spiro atoms. The Hall–Kier alpha value is -1.13. The summed E-state index contributed by atoms with van der Waals surface area (Å²) in [6.07, 6.45) is 0. The molecule has 0 saturated heterocycles. The largest absolute Gasteiger partial charge is 0.285 e. The normalized spacial score (nSPS) is 11.6. The van der Waals surface area contributed by atoms with Crippen molar-refractivity contribution >= 4 is 10.1 Å². The third kappa shape index (κ3) is 2.43. The van der Waals surface area contributed by atoms with Crippen molar-refractivity contribution in [2.75, 3.05) is 0 Å². The van der Waals surface area contributed by atoms with E-state index in [1.807, 2.05) is 0 Å². The van der Waals surface area contributed by atoms with Gasteiger partial charge in [0.25, 0.3) is 10.1 Å². The van der Waals surface area contributed by atoms with Crippen LogP contribution in [0.5, 0.6) is 0 Å². The summed E-state index contributed by atoms with van der Waals surface area (Å²) in [7, 11) is -4.20. The summed E-state index contributed by atoms with van der Waals surface area (Å²) in [5.41, 5.74) is 0.765. The molecule has 75 valence electrons. The molecule has 1 radical (unpaired) electrons. The summed E-state index contributed by atoms with van der Waals surface area (Å²) >= 11 is 0. The SMILES string of the molecule is C=C(C)[C](c1ccccc1)S(=O)(=O)O. The van der Waals surface area contributed by atoms with Gasteiger partial charge in [-0.05, 0) is 12.5 Å². The van der Waals surface area contributed by atoms with Gasteiger partial charge in [-0.2, -0.15) is 8.42 Å². The summed E-state index contributed by atoms with van der Waals surface area (Å²) in [5.74, 6) is 0. The molecule has 0 aliphatic rings. The molecule has 0 heterocycles. The first-order chi connectivity index (χ1) is 6.43. The highest BCUT2D eigenvalue weighted by Crippen LogP contribution is 2.26. The van der Waals surface area contributed by atoms with E-state index >= 15 is 0 Å². The second-order valence-corrected chi connectivity index (χ2v) is 4.31. The molecule has 1 N–H and O–H groups in total. The van der Waals surface area contributed by atoms with Gasteiger partial charge < -0.3 is 0 Å². The van der Waals surface area contributed by atoms with Crippen LogP contribution >= 0.6 is 0 Å². The molecule has 0 saturated carbocycles. The van der Waals surface area contributed by atoms with E-state index in [2.05, 4.69) is 6.58 Å². The monoisotopic (exact) mass is 211 g/mol. The van der Waals surface area contributed by atoms with Crippen LogP contribution in [0.1, 0.15) is 12.5 Å². The molecule has 0 aliphatic carbocycles. The Morgan fingerprint density at radius 2 is 1.79 bits per heavy atom. The van der Waals surface area contributed by atoms with Crippen LogP contribution in [0, 0.1) is 5.25 Å². The molecule has 0 aromatic heterocycles. The van der Waals surface area contributed by atoms with E-state index < -0.39 is 10.1 Å². The Morgan fingerprint density at radius 3 is 2.14 bits per heavy atom. The quantitative estimate of drug-likeness (QED) is 0.778. The van der Waals surface area contributed by atoms with Crippen LogP contribution in [-0.2, 0) is 10.1 Å². The highest BCUT2D eigenvalue weighted by Gasteiger charge is 2.26. The minimum absolute atomic E-state index is 0.127. The molecule has 3 nitrogen and oxygen atoms in total. The topological polar surface area (TPSA) is 54.4 Å². The second kappa shape index (κ2) is 3.94. The minimum Gasteiger partial charge on any atom is -0.285 e. The molecule has 0 amide bonds. The molecule has 1 aromatic rings. The van der Waals surface area contributed by atoms with E-state index in [-0.39, 0.29) is 5.25 Å². The average Bonchev–Trinajstić information content (AvgIpc) is 2.02. The molecule has 4 heteroatoms. The van der Waals surface area contributed by atoms with E-state index in [4.69, 9.17) is 4.55 Å². The lowest BCUT2D eigenvalue weighted by atomic mass is 10.1. The van der Waals surface area contributed by atoms with E-state index in [1.165, 1.54) is 6.92 Å². The molecular weight excluding hydrogens is 200 g/mol. The van der Waals surface area contributed by atoms with Gasteiger partial charge in [0.1, 0.15) is 0 Å². The van der Waals surface area contributed by atoms with Crippen LogP contribution in [0.4, 0.5) is 0 Å². The maximum absolute atomic E-state index is 11.0. The zero-order valence-electron chi connectivity index (χ0n) is 7.77. The van der Waals surface area contributed by atoms with Crippen molar-refractivity contribution in [3.63, 3.8) is 0 Å². The third-order valence-corrected chi connectivity index (χ3v) is 2.78. The van der Waals surface area contributed by atoms with Crippen LogP contribution < -0.4 is 0 Å². The second-order valence-electron chi connectivity index (χ2n) is 2.95. The van der Waals surface area contributed by atoms with Crippen molar-refractivity contribution < 1.29 is 13.0 Å². The van der Waals surface area contributed by atoms with Gasteiger partial charge in [0, 0.05) is 0 Å². The Labute approximate surface area is 83.8 Å². The first kappa shape index (κ1) is 10.9. The predicted molar refractivity (Wildman–Crippen MR) is 55.1 cm³/mol. The van der Waals surface area contributed by atoms with Crippen LogP contribution in [-0.4, -0.2) is 13.0 Å². The molecule has 0 unspecified atom stereocenters. The molecule has 1 rings (SSSR count). The number of rotatable bonds is 3. The first-order valence-electron chi connectivity index (χ1n) is 3.98. The lowest BCUT2D eigenvalue weighted by Crippen LogP contribution is -2.13. The van der Waals surface area contributed by atoms with Crippen LogP contribution in [0.25, 0.3) is 0 Å². The highest BCUT2D eigenvalue weighted by atomic mass is 32.2. The van der Waals surface area contributed by atoms with Gasteiger partial charge in [0.05, 0.1) is 0 Å². The third-order valence-electron chi connectivity index (χ3n) is 1.68. The van der Waals surface area contributed by atoms with Crippen LogP contribution in [0.3, 0.4) is 0 Å². The maximum atomic E-state index is 11.0. The molecule has 0 bridgehead atoms. The van der Waals surface area contributed by atoms with E-state index in [0.29, 0.717) is 11.1 Å². The van der Waals surface area contributed by atoms with Gasteiger partial charge in [-0.3, -0.25) is 4.55 Å². The minimum atomic E-state index is -4.20. The summed E-state index contributed by atoms with van der Waals surface area (Å²) < 4.78 is 31.0. The molecule has 0 fully saturated rings. The van der Waals surface area contributed by atoms with Crippen molar-refractivity contribution in [3.05, 3.63) is 53.3 Å². The summed E-state index contributed by atoms with van der Waals surface area (Å²) in [6, 6.07) is 8.38. The van der Waals surface area contributed by atoms with Crippen molar-refractivity contribution in [1.29, 1.82) is 0 Å². The zero-order valence-corrected chi connectivity index (χ0v) is 8.58. The van der Waals surface area contributed by atoms with Gasteiger partial charge in [0.15, 0.2) is 5.25 Å². The summed E-state index contributed by atoms with van der Waals surface area (Å²) in [4.78, 5) is 0. The fourth-order valence-corrected chi connectivity index (χ4v) is 2.08. The fourth-order valence-electron chi connectivity index (χ4n) is 1.21. The van der Waals surface area contributed by atoms with Crippen LogP contribution in [0.2, 0.25) is 0 Å². The van der Waals surface area contributed by atoms with Gasteiger partial charge in [-0.15, -0.1) is 0 Å². The molecule has 14 heavy (non-hydrogen) atoms. The van der Waals surface area contributed by atoms with Gasteiger partial charge in [0.2, 0.25) is 0 Å². The molecular formula is C10H11O3S. The number of hydrogen-bond acceptors (Lipinski definition) is 2. The van der Waals surface area contributed by atoms with Gasteiger partial charge in [-0.1, -0.05) is 42.5 Å². The predicted octanol–water partition coefficient (Wildman–Crippen LogP) is 2.03. The van der Waals surface area contributed by atoms with Gasteiger partial charge >= 0.3 is 0 Å². The maximum Gasteiger partial charge on any atom is 0.281 e. The zero-order chi connectivity index (χ0) is 10.8. The number of hydrogen-bond donors (Lipinski definition) is 1. The summed E-state index contributed by atoms with van der Waals surface area (Å²) in [6.45, 7) is 5.06. The lowest BCUT2D eigenvalue weighted by molar-refractivity contribution is 0.487. The Bertz CT molecular complexity index is 420. The van der Waals surface area contributed by atoms with Crippen LogP contribution in [0.15, 0.2) is 42.5 Å². The van der Waals surface area contributed by atoms with Gasteiger partial charge in [-0.25, -0.2) is 0 Å². The van der Waals surface area contributed by atoms with E-state index in [0.717, 1.165) is 0 Å². The fraction of sp³-hybridized carbons (Fsp3) is 0.100. The van der Waals surface area contributed by atoms with Crippen molar-refractivity contribution in [1.82, 2.24) is 0 Å². The van der Waals surface area contributed by atoms with E-state index in [9.17, 15) is 8.42 Å². The Kier molecular flexibility index (Phi) is 3.08. The molecule has 0 aliphatic heterocycles. The van der Waals surface area contributed by atoms with Crippen molar-refractivity contribution in [2.24, 2.45) is 0 Å². The van der Waals surface area contributed by atoms with Crippen molar-refractivity contribution in [3.8, 4) is 0 Å². The smallest absolute Gasteiger partial charge is 0.281 e. The standard InChI is InChI=1S/C10H11O3S/c1-8(2)10(14(11,12)13)9-6-4-3-5-7-9/h3-7H,1H2,2H3,(H,11,12,13). The Morgan fingerprint density at radius 1 is 1.29 bits per heavy atom. The first-order valence-corrected chi connectivity index (χ1v) is 5.42.